The molecule has 214 valence electrons. The van der Waals surface area contributed by atoms with Gasteiger partial charge in [0, 0.05) is 18.1 Å². The van der Waals surface area contributed by atoms with Crippen LogP contribution in [0.2, 0.25) is 58.9 Å². The van der Waals surface area contributed by atoms with Crippen molar-refractivity contribution >= 4 is 30.7 Å². The number of nitrogens with zero attached hydrogens (tertiary/aromatic N) is 1. The number of hydrogen-bond acceptors (Lipinski definition) is 4. The standard InChI is InChI=1S/C30H59NO3Si3/c1-21(32-35(4,5)6)25-15-16-26-24-14-13-22-19-23(33-36(7,8)9)17-18-29(22,2)28(24)27(20-30(25,26)3)31-34-37(10,11)12/h21-26,28H,13-20H2,1-12H3/t21-,22?,23+,24?,25+,26?,28?,29-,30+/m0/s1. The minimum Gasteiger partial charge on any atom is -0.456 e. The maximum atomic E-state index is 6.74. The third kappa shape index (κ3) is 6.36. The zero-order valence-corrected chi connectivity index (χ0v) is 29.4. The van der Waals surface area contributed by atoms with Crippen LogP contribution in [0.25, 0.3) is 0 Å². The third-order valence-electron chi connectivity index (χ3n) is 10.5. The fourth-order valence-electron chi connectivity index (χ4n) is 9.41. The van der Waals surface area contributed by atoms with Crippen molar-refractivity contribution in [3.05, 3.63) is 0 Å². The molecule has 0 radical (unpaired) electrons. The molecule has 0 amide bonds. The van der Waals surface area contributed by atoms with Crippen molar-refractivity contribution in [2.24, 2.45) is 45.6 Å². The van der Waals surface area contributed by atoms with Crippen molar-refractivity contribution in [1.82, 2.24) is 0 Å². The lowest BCUT2D eigenvalue weighted by Gasteiger charge is -2.61. The highest BCUT2D eigenvalue weighted by molar-refractivity contribution is 6.70. The van der Waals surface area contributed by atoms with E-state index in [-0.39, 0.29) is 5.41 Å². The van der Waals surface area contributed by atoms with Crippen LogP contribution in [-0.4, -0.2) is 42.9 Å². The van der Waals surface area contributed by atoms with Gasteiger partial charge < -0.3 is 13.4 Å². The zero-order valence-electron chi connectivity index (χ0n) is 26.4. The van der Waals surface area contributed by atoms with Crippen LogP contribution in [0.5, 0.6) is 0 Å². The lowest BCUT2D eigenvalue weighted by Crippen LogP contribution is -2.59. The van der Waals surface area contributed by atoms with Crippen LogP contribution >= 0.6 is 0 Å². The van der Waals surface area contributed by atoms with Crippen LogP contribution in [-0.2, 0) is 13.4 Å². The first kappa shape index (κ1) is 30.0. The van der Waals surface area contributed by atoms with E-state index in [0.717, 1.165) is 24.2 Å². The second-order valence-corrected chi connectivity index (χ2v) is 30.1. The molecule has 0 spiro atoms. The molecule has 0 aromatic rings. The summed E-state index contributed by atoms with van der Waals surface area (Å²) in [5.74, 6) is 3.46. The van der Waals surface area contributed by atoms with E-state index in [1.165, 1.54) is 50.7 Å². The molecule has 0 aromatic heterocycles. The first-order valence-corrected chi connectivity index (χ1v) is 25.7. The van der Waals surface area contributed by atoms with Crippen molar-refractivity contribution in [1.29, 1.82) is 0 Å². The van der Waals surface area contributed by atoms with Crippen molar-refractivity contribution in [3.8, 4) is 0 Å². The Morgan fingerprint density at radius 2 is 1.49 bits per heavy atom. The van der Waals surface area contributed by atoms with Crippen molar-refractivity contribution < 1.29 is 13.4 Å². The van der Waals surface area contributed by atoms with Crippen molar-refractivity contribution in [3.63, 3.8) is 0 Å². The summed E-state index contributed by atoms with van der Waals surface area (Å²) in [5, 5.41) is 5.15. The number of rotatable bonds is 7. The van der Waals surface area contributed by atoms with Crippen LogP contribution in [0.3, 0.4) is 0 Å². The maximum absolute atomic E-state index is 6.74. The molecule has 0 aliphatic heterocycles. The monoisotopic (exact) mass is 565 g/mol. The Kier molecular flexibility index (Phi) is 8.23. The lowest BCUT2D eigenvalue weighted by molar-refractivity contribution is -0.0862. The number of oxime groups is 1. The molecule has 4 saturated carbocycles. The van der Waals surface area contributed by atoms with Crippen LogP contribution in [0.15, 0.2) is 5.16 Å². The second kappa shape index (κ2) is 10.1. The van der Waals surface area contributed by atoms with Gasteiger partial charge in [-0.25, -0.2) is 0 Å². The van der Waals surface area contributed by atoms with E-state index in [1.807, 2.05) is 0 Å². The third-order valence-corrected chi connectivity index (χ3v) is 13.2. The number of fused-ring (bicyclic) bond motifs is 5. The van der Waals surface area contributed by atoms with E-state index in [0.29, 0.717) is 29.5 Å². The van der Waals surface area contributed by atoms with E-state index >= 15 is 0 Å². The van der Waals surface area contributed by atoms with Gasteiger partial charge in [-0.3, -0.25) is 0 Å². The summed E-state index contributed by atoms with van der Waals surface area (Å²) in [6.45, 7) is 28.5. The van der Waals surface area contributed by atoms with Crippen molar-refractivity contribution in [2.45, 2.75) is 143 Å². The van der Waals surface area contributed by atoms with Crippen LogP contribution < -0.4 is 0 Å². The topological polar surface area (TPSA) is 40.0 Å². The average molecular weight is 566 g/mol. The summed E-state index contributed by atoms with van der Waals surface area (Å²) in [6.07, 6.45) is 11.0. The first-order chi connectivity index (χ1) is 16.8. The fourth-order valence-corrected chi connectivity index (χ4v) is 12.3. The molecule has 0 bridgehead atoms. The summed E-state index contributed by atoms with van der Waals surface area (Å²) in [6, 6.07) is 0. The predicted octanol–water partition coefficient (Wildman–Crippen LogP) is 8.92. The van der Waals surface area contributed by atoms with E-state index in [9.17, 15) is 0 Å². The first-order valence-electron chi connectivity index (χ1n) is 15.4. The van der Waals surface area contributed by atoms with Gasteiger partial charge in [-0.1, -0.05) is 13.8 Å². The van der Waals surface area contributed by atoms with Gasteiger partial charge in [-0.2, -0.15) is 0 Å². The smallest absolute Gasteiger partial charge is 0.278 e. The van der Waals surface area contributed by atoms with Gasteiger partial charge in [0.2, 0.25) is 0 Å². The van der Waals surface area contributed by atoms with Gasteiger partial charge in [-0.05, 0) is 152 Å². The summed E-state index contributed by atoms with van der Waals surface area (Å²) in [4.78, 5) is 0. The maximum Gasteiger partial charge on any atom is 0.278 e. The van der Waals surface area contributed by atoms with Gasteiger partial charge in [-0.15, -0.1) is 5.16 Å². The van der Waals surface area contributed by atoms with E-state index < -0.39 is 25.0 Å². The molecule has 4 rings (SSSR count). The fraction of sp³-hybridized carbons (Fsp3) is 0.967. The number of hydrogen-bond donors (Lipinski definition) is 0. The highest BCUT2D eigenvalue weighted by Crippen LogP contribution is 2.67. The Hall–Kier alpha value is 0.0406. The molecule has 9 atom stereocenters. The molecule has 4 nitrogen and oxygen atoms in total. The Bertz CT molecular complexity index is 860. The Labute approximate surface area is 232 Å². The van der Waals surface area contributed by atoms with Gasteiger partial charge in [0.05, 0.1) is 5.71 Å². The van der Waals surface area contributed by atoms with Crippen LogP contribution in [0.1, 0.15) is 72.1 Å². The van der Waals surface area contributed by atoms with E-state index in [4.69, 9.17) is 18.5 Å². The highest BCUT2D eigenvalue weighted by atomic mass is 28.4. The predicted molar refractivity (Wildman–Crippen MR) is 165 cm³/mol. The van der Waals surface area contributed by atoms with E-state index in [1.54, 1.807) is 0 Å². The Morgan fingerprint density at radius 3 is 2.08 bits per heavy atom. The average Bonchev–Trinajstić information content (AvgIpc) is 3.06. The summed E-state index contributed by atoms with van der Waals surface area (Å²) in [7, 11) is -4.86. The minimum absolute atomic E-state index is 0.267. The largest absolute Gasteiger partial charge is 0.456 e. The Balaban J connectivity index is 1.66. The zero-order chi connectivity index (χ0) is 27.6. The Morgan fingerprint density at radius 1 is 0.811 bits per heavy atom. The quantitative estimate of drug-likeness (QED) is 0.228. The van der Waals surface area contributed by atoms with E-state index in [2.05, 4.69) is 79.7 Å². The van der Waals surface area contributed by atoms with Gasteiger partial charge in [0.15, 0.2) is 16.6 Å². The van der Waals surface area contributed by atoms with Crippen LogP contribution in [0, 0.1) is 40.4 Å². The molecule has 0 N–H and O–H groups in total. The summed E-state index contributed by atoms with van der Waals surface area (Å²) in [5.41, 5.74) is 2.00. The molecule has 0 saturated heterocycles. The van der Waals surface area contributed by atoms with Gasteiger partial charge in [0.25, 0.3) is 8.32 Å². The molecular formula is C30H59NO3Si3. The minimum atomic E-state index is -1.75. The van der Waals surface area contributed by atoms with Gasteiger partial charge >= 0.3 is 0 Å². The van der Waals surface area contributed by atoms with Crippen LogP contribution in [0.4, 0.5) is 0 Å². The molecular weight excluding hydrogens is 507 g/mol. The molecule has 0 heterocycles. The molecule has 4 aliphatic rings. The second-order valence-electron chi connectivity index (χ2n) is 16.7. The molecule has 37 heavy (non-hydrogen) atoms. The molecule has 4 aliphatic carbocycles. The summed E-state index contributed by atoms with van der Waals surface area (Å²) >= 11 is 0. The summed E-state index contributed by atoms with van der Waals surface area (Å²) < 4.78 is 19.8. The molecule has 7 heteroatoms. The molecule has 0 aromatic carbocycles. The lowest BCUT2D eigenvalue weighted by atomic mass is 9.44. The normalized spacial score (nSPS) is 42.6. The molecule has 4 fully saturated rings. The van der Waals surface area contributed by atoms with Gasteiger partial charge in [0.1, 0.15) is 0 Å². The SMILES string of the molecule is C[C@H](O[Si](C)(C)C)[C@H]1CCC2C3CCC4C[C@H](O[Si](C)(C)C)CC[C@]4(C)C3C(=NO[Si](C)(C)C)C[C@@]21C. The highest BCUT2D eigenvalue weighted by Gasteiger charge is 2.63. The van der Waals surface area contributed by atoms with Crippen molar-refractivity contribution in [2.75, 3.05) is 0 Å². The molecule has 4 unspecified atom stereocenters.